The first-order valence-electron chi connectivity index (χ1n) is 13.8. The predicted octanol–water partition coefficient (Wildman–Crippen LogP) is 5.38. The van der Waals surface area contributed by atoms with Gasteiger partial charge in [-0.05, 0) is 60.4 Å². The summed E-state index contributed by atoms with van der Waals surface area (Å²) in [7, 11) is 1.62. The smallest absolute Gasteiger partial charge is 0.321 e. The number of hydrogen-bond donors (Lipinski definition) is 1. The number of anilines is 1. The number of nitrogens with one attached hydrogen (secondary N) is 1. The molecule has 6 rings (SSSR count). The molecule has 0 saturated carbocycles. The van der Waals surface area contributed by atoms with Crippen molar-refractivity contribution in [2.45, 2.75) is 32.1 Å². The summed E-state index contributed by atoms with van der Waals surface area (Å²) in [6.45, 7) is 2.87. The van der Waals surface area contributed by atoms with E-state index in [0.29, 0.717) is 37.6 Å². The Morgan fingerprint density at radius 2 is 1.68 bits per heavy atom. The minimum absolute atomic E-state index is 0.0642. The highest BCUT2D eigenvalue weighted by atomic mass is 16.5. The predicted molar refractivity (Wildman–Crippen MR) is 152 cm³/mol. The number of carbonyl (C=O) groups excluding carboxylic acids is 2. The molecule has 0 unspecified atom stereocenters. The van der Waals surface area contributed by atoms with E-state index < -0.39 is 0 Å². The topological polar surface area (TPSA) is 101 Å². The van der Waals surface area contributed by atoms with Crippen molar-refractivity contribution in [1.82, 2.24) is 19.9 Å². The molecule has 2 aliphatic rings. The fraction of sp³-hybridized carbons (Fsp3) is 0.355. The lowest BCUT2D eigenvalue weighted by atomic mass is 9.78. The van der Waals surface area contributed by atoms with Crippen LogP contribution in [0.1, 0.15) is 31.6 Å². The molecule has 4 aromatic rings. The Labute approximate surface area is 233 Å². The van der Waals surface area contributed by atoms with Crippen molar-refractivity contribution in [2.75, 3.05) is 38.6 Å². The van der Waals surface area contributed by atoms with Gasteiger partial charge in [0, 0.05) is 50.0 Å². The highest BCUT2D eigenvalue weighted by molar-refractivity contribution is 6.01. The molecule has 1 aromatic heterocycles. The van der Waals surface area contributed by atoms with E-state index in [2.05, 4.69) is 15.5 Å². The van der Waals surface area contributed by atoms with E-state index in [0.717, 1.165) is 60.1 Å². The Bertz CT molecular complexity index is 1500. The van der Waals surface area contributed by atoms with Crippen LogP contribution in [0, 0.1) is 5.41 Å². The zero-order chi connectivity index (χ0) is 27.5. The van der Waals surface area contributed by atoms with Crippen LogP contribution in [-0.4, -0.2) is 65.2 Å². The van der Waals surface area contributed by atoms with E-state index in [1.165, 1.54) is 0 Å². The van der Waals surface area contributed by atoms with Crippen molar-refractivity contribution >= 4 is 28.4 Å². The highest BCUT2D eigenvalue weighted by Gasteiger charge is 2.42. The molecule has 0 atom stereocenters. The fourth-order valence-corrected chi connectivity index (χ4v) is 5.85. The minimum Gasteiger partial charge on any atom is -0.497 e. The van der Waals surface area contributed by atoms with Gasteiger partial charge >= 0.3 is 6.03 Å². The maximum atomic E-state index is 13.1. The second-order valence-corrected chi connectivity index (χ2v) is 10.7. The largest absolute Gasteiger partial charge is 0.497 e. The molecule has 0 bridgehead atoms. The highest BCUT2D eigenvalue weighted by Crippen LogP contribution is 2.40. The normalized spacial score (nSPS) is 16.4. The SMILES string of the molecule is COc1ccc(-c2noc(CCC(=O)N3CCC4(CCN(C(=O)Nc5cccc6ccccc56)CC4)C3)n2)cc1. The Morgan fingerprint density at radius 3 is 2.45 bits per heavy atom. The quantitative estimate of drug-likeness (QED) is 0.353. The molecule has 0 aliphatic carbocycles. The van der Waals surface area contributed by atoms with Gasteiger partial charge < -0.3 is 24.4 Å². The molecule has 2 aliphatic heterocycles. The van der Waals surface area contributed by atoms with Gasteiger partial charge in [-0.2, -0.15) is 4.98 Å². The first kappa shape index (κ1) is 25.9. The molecular weight excluding hydrogens is 506 g/mol. The lowest BCUT2D eigenvalue weighted by Crippen LogP contribution is -2.46. The molecule has 3 aromatic carbocycles. The molecule has 206 valence electrons. The van der Waals surface area contributed by atoms with Crippen LogP contribution in [0.15, 0.2) is 71.3 Å². The summed E-state index contributed by atoms with van der Waals surface area (Å²) in [6.07, 6.45) is 3.51. The van der Waals surface area contributed by atoms with Crippen molar-refractivity contribution in [2.24, 2.45) is 5.41 Å². The molecule has 40 heavy (non-hydrogen) atoms. The summed E-state index contributed by atoms with van der Waals surface area (Å²) in [5, 5.41) is 9.30. The second-order valence-electron chi connectivity index (χ2n) is 10.7. The van der Waals surface area contributed by atoms with Crippen LogP contribution in [-0.2, 0) is 11.2 Å². The Hall–Kier alpha value is -4.40. The van der Waals surface area contributed by atoms with E-state index in [1.807, 2.05) is 76.5 Å². The van der Waals surface area contributed by atoms with E-state index >= 15 is 0 Å². The van der Waals surface area contributed by atoms with Gasteiger partial charge in [0.05, 0.1) is 12.8 Å². The third-order valence-corrected chi connectivity index (χ3v) is 8.30. The summed E-state index contributed by atoms with van der Waals surface area (Å²) in [5.41, 5.74) is 1.75. The molecule has 9 nitrogen and oxygen atoms in total. The molecule has 1 N–H and O–H groups in total. The van der Waals surface area contributed by atoms with Crippen molar-refractivity contribution in [3.05, 3.63) is 72.6 Å². The number of ether oxygens (including phenoxy) is 1. The number of urea groups is 1. The third kappa shape index (κ3) is 5.36. The number of benzene rings is 3. The van der Waals surface area contributed by atoms with Gasteiger partial charge in [0.1, 0.15) is 5.75 Å². The molecule has 0 radical (unpaired) electrons. The number of rotatable bonds is 6. The fourth-order valence-electron chi connectivity index (χ4n) is 5.85. The van der Waals surface area contributed by atoms with Gasteiger partial charge in [-0.15, -0.1) is 0 Å². The van der Waals surface area contributed by atoms with E-state index in [1.54, 1.807) is 7.11 Å². The van der Waals surface area contributed by atoms with E-state index in [9.17, 15) is 9.59 Å². The monoisotopic (exact) mass is 539 g/mol. The number of hydrogen-bond acceptors (Lipinski definition) is 6. The number of amides is 3. The van der Waals surface area contributed by atoms with Crippen LogP contribution in [0.25, 0.3) is 22.2 Å². The number of aromatic nitrogens is 2. The van der Waals surface area contributed by atoms with Gasteiger partial charge in [-0.1, -0.05) is 41.6 Å². The third-order valence-electron chi connectivity index (χ3n) is 8.30. The van der Waals surface area contributed by atoms with Gasteiger partial charge in [-0.3, -0.25) is 4.79 Å². The molecule has 9 heteroatoms. The zero-order valence-corrected chi connectivity index (χ0v) is 22.6. The standard InChI is InChI=1S/C31H33N5O4/c1-39-24-11-9-23(10-12-24)29-33-27(40-34-29)13-14-28(37)36-20-17-31(21-36)15-18-35(19-16-31)30(38)32-26-8-4-6-22-5-2-3-7-25(22)26/h2-12H,13-21H2,1H3,(H,32,38). The first-order valence-corrected chi connectivity index (χ1v) is 13.8. The van der Waals surface area contributed by atoms with Crippen LogP contribution < -0.4 is 10.1 Å². The van der Waals surface area contributed by atoms with Crippen molar-refractivity contribution in [3.63, 3.8) is 0 Å². The van der Waals surface area contributed by atoms with Gasteiger partial charge in [0.15, 0.2) is 0 Å². The van der Waals surface area contributed by atoms with Gasteiger partial charge in [0.2, 0.25) is 17.6 Å². The molecule has 1 spiro atoms. The Kier molecular flexibility index (Phi) is 7.11. The number of likely N-dealkylation sites (tertiary alicyclic amines) is 2. The van der Waals surface area contributed by atoms with Crippen LogP contribution >= 0.6 is 0 Å². The van der Waals surface area contributed by atoms with Crippen LogP contribution in [0.2, 0.25) is 0 Å². The molecule has 2 saturated heterocycles. The number of nitrogens with zero attached hydrogens (tertiary/aromatic N) is 4. The summed E-state index contributed by atoms with van der Waals surface area (Å²) in [5.74, 6) is 1.83. The molecule has 2 fully saturated rings. The molecular formula is C31H33N5O4. The minimum atomic E-state index is -0.0642. The number of fused-ring (bicyclic) bond motifs is 1. The van der Waals surface area contributed by atoms with Crippen LogP contribution in [0.3, 0.4) is 0 Å². The maximum absolute atomic E-state index is 13.1. The van der Waals surface area contributed by atoms with Crippen molar-refractivity contribution < 1.29 is 18.8 Å². The summed E-state index contributed by atoms with van der Waals surface area (Å²) in [4.78, 5) is 34.4. The maximum Gasteiger partial charge on any atom is 0.321 e. The summed E-state index contributed by atoms with van der Waals surface area (Å²) in [6, 6.07) is 21.4. The van der Waals surface area contributed by atoms with Gasteiger partial charge in [-0.25, -0.2) is 4.79 Å². The van der Waals surface area contributed by atoms with E-state index in [4.69, 9.17) is 9.26 Å². The lowest BCUT2D eigenvalue weighted by Gasteiger charge is -2.39. The number of carbonyl (C=O) groups is 2. The van der Waals surface area contributed by atoms with E-state index in [-0.39, 0.29) is 17.4 Å². The van der Waals surface area contributed by atoms with Gasteiger partial charge in [0.25, 0.3) is 0 Å². The first-order chi connectivity index (χ1) is 19.5. The van der Waals surface area contributed by atoms with Crippen molar-refractivity contribution in [3.8, 4) is 17.1 Å². The number of piperidine rings is 1. The van der Waals surface area contributed by atoms with Crippen LogP contribution in [0.4, 0.5) is 10.5 Å². The lowest BCUT2D eigenvalue weighted by molar-refractivity contribution is -0.130. The Morgan fingerprint density at radius 1 is 0.950 bits per heavy atom. The summed E-state index contributed by atoms with van der Waals surface area (Å²) >= 11 is 0. The summed E-state index contributed by atoms with van der Waals surface area (Å²) < 4.78 is 10.6. The average molecular weight is 540 g/mol. The number of methoxy groups -OCH3 is 1. The second kappa shape index (κ2) is 11.0. The number of aryl methyl sites for hydroxylation is 1. The van der Waals surface area contributed by atoms with Crippen molar-refractivity contribution in [1.29, 1.82) is 0 Å². The molecule has 3 heterocycles. The molecule has 3 amide bonds. The van der Waals surface area contributed by atoms with Crippen LogP contribution in [0.5, 0.6) is 5.75 Å². The zero-order valence-electron chi connectivity index (χ0n) is 22.6. The average Bonchev–Trinajstić information content (AvgIpc) is 3.64. The Balaban J connectivity index is 0.987.